The SMILES string of the molecule is Cc1oc(-c2ccc3ccccc3c2)nc1Cn1cccn1. The molecule has 0 aliphatic carbocycles. The number of aromatic nitrogens is 3. The van der Waals surface area contributed by atoms with Crippen LogP contribution in [0.15, 0.2) is 65.3 Å². The van der Waals surface area contributed by atoms with E-state index in [2.05, 4.69) is 34.3 Å². The normalized spacial score (nSPS) is 11.1. The monoisotopic (exact) mass is 289 g/mol. The number of rotatable bonds is 3. The average Bonchev–Trinajstić information content (AvgIpc) is 3.18. The van der Waals surface area contributed by atoms with Gasteiger partial charge in [-0.1, -0.05) is 30.3 Å². The Morgan fingerprint density at radius 2 is 1.91 bits per heavy atom. The van der Waals surface area contributed by atoms with Gasteiger partial charge in [0, 0.05) is 18.0 Å². The number of nitrogens with zero attached hydrogens (tertiary/aromatic N) is 3. The summed E-state index contributed by atoms with van der Waals surface area (Å²) in [5, 5.41) is 6.61. The maximum atomic E-state index is 5.85. The van der Waals surface area contributed by atoms with Crippen molar-refractivity contribution in [2.75, 3.05) is 0 Å². The minimum atomic E-state index is 0.621. The molecule has 4 heteroatoms. The predicted molar refractivity (Wildman–Crippen MR) is 85.5 cm³/mol. The lowest BCUT2D eigenvalue weighted by Crippen LogP contribution is -2.01. The molecule has 0 aliphatic heterocycles. The number of aryl methyl sites for hydroxylation is 1. The molecular weight excluding hydrogens is 274 g/mol. The van der Waals surface area contributed by atoms with Crippen molar-refractivity contribution in [2.24, 2.45) is 0 Å². The Hall–Kier alpha value is -2.88. The molecule has 2 aromatic heterocycles. The molecule has 0 aliphatic rings. The summed E-state index contributed by atoms with van der Waals surface area (Å²) in [5.41, 5.74) is 1.90. The molecule has 0 amide bonds. The summed E-state index contributed by atoms with van der Waals surface area (Å²) in [6.07, 6.45) is 3.68. The molecular formula is C18H15N3O. The summed E-state index contributed by atoms with van der Waals surface area (Å²) in [6.45, 7) is 2.56. The molecule has 0 saturated heterocycles. The van der Waals surface area contributed by atoms with E-state index < -0.39 is 0 Å². The predicted octanol–water partition coefficient (Wildman–Crippen LogP) is 4.05. The lowest BCUT2D eigenvalue weighted by molar-refractivity contribution is 0.536. The highest BCUT2D eigenvalue weighted by Crippen LogP contribution is 2.25. The lowest BCUT2D eigenvalue weighted by atomic mass is 10.1. The highest BCUT2D eigenvalue weighted by atomic mass is 16.4. The van der Waals surface area contributed by atoms with Crippen LogP contribution < -0.4 is 0 Å². The molecule has 4 rings (SSSR count). The first-order valence-corrected chi connectivity index (χ1v) is 7.22. The number of fused-ring (bicyclic) bond motifs is 1. The van der Waals surface area contributed by atoms with Gasteiger partial charge in [-0.3, -0.25) is 4.68 Å². The van der Waals surface area contributed by atoms with Crippen LogP contribution >= 0.6 is 0 Å². The second-order valence-electron chi connectivity index (χ2n) is 5.29. The molecule has 0 N–H and O–H groups in total. The molecule has 2 heterocycles. The summed E-state index contributed by atoms with van der Waals surface area (Å²) in [5.74, 6) is 1.49. The molecule has 0 unspecified atom stereocenters. The number of hydrogen-bond acceptors (Lipinski definition) is 3. The van der Waals surface area contributed by atoms with Crippen molar-refractivity contribution >= 4 is 10.8 Å². The highest BCUT2D eigenvalue weighted by Gasteiger charge is 2.12. The Bertz CT molecular complexity index is 923. The minimum Gasteiger partial charge on any atom is -0.441 e. The van der Waals surface area contributed by atoms with Crippen LogP contribution in [0.25, 0.3) is 22.2 Å². The number of oxazole rings is 1. The van der Waals surface area contributed by atoms with E-state index in [1.54, 1.807) is 6.20 Å². The third-order valence-corrected chi connectivity index (χ3v) is 3.76. The van der Waals surface area contributed by atoms with Crippen LogP contribution in [0.4, 0.5) is 0 Å². The van der Waals surface area contributed by atoms with Gasteiger partial charge in [0.1, 0.15) is 11.5 Å². The fourth-order valence-electron chi connectivity index (χ4n) is 2.57. The van der Waals surface area contributed by atoms with E-state index >= 15 is 0 Å². The fourth-order valence-corrected chi connectivity index (χ4v) is 2.57. The Labute approximate surface area is 128 Å². The quantitative estimate of drug-likeness (QED) is 0.571. The van der Waals surface area contributed by atoms with Crippen molar-refractivity contribution in [1.82, 2.24) is 14.8 Å². The Kier molecular flexibility index (Phi) is 3.00. The van der Waals surface area contributed by atoms with Gasteiger partial charge < -0.3 is 4.42 Å². The first-order chi connectivity index (χ1) is 10.8. The van der Waals surface area contributed by atoms with Crippen LogP contribution in [0.3, 0.4) is 0 Å². The minimum absolute atomic E-state index is 0.621. The Morgan fingerprint density at radius 1 is 1.05 bits per heavy atom. The van der Waals surface area contributed by atoms with Crippen molar-refractivity contribution in [1.29, 1.82) is 0 Å². The van der Waals surface area contributed by atoms with Crippen molar-refractivity contribution < 1.29 is 4.42 Å². The smallest absolute Gasteiger partial charge is 0.226 e. The molecule has 0 bridgehead atoms. The van der Waals surface area contributed by atoms with E-state index in [0.717, 1.165) is 17.0 Å². The molecule has 4 aromatic rings. The van der Waals surface area contributed by atoms with E-state index in [1.165, 1.54) is 10.8 Å². The Balaban J connectivity index is 1.72. The summed E-state index contributed by atoms with van der Waals surface area (Å²) in [4.78, 5) is 4.63. The Morgan fingerprint density at radius 3 is 2.73 bits per heavy atom. The zero-order chi connectivity index (χ0) is 14.9. The topological polar surface area (TPSA) is 43.9 Å². The van der Waals surface area contributed by atoms with Crippen LogP contribution in [-0.4, -0.2) is 14.8 Å². The van der Waals surface area contributed by atoms with Crippen LogP contribution in [0, 0.1) is 6.92 Å². The second-order valence-corrected chi connectivity index (χ2v) is 5.29. The molecule has 0 spiro atoms. The van der Waals surface area contributed by atoms with Crippen LogP contribution in [0.1, 0.15) is 11.5 Å². The summed E-state index contributed by atoms with van der Waals surface area (Å²) < 4.78 is 7.69. The largest absolute Gasteiger partial charge is 0.441 e. The third kappa shape index (κ3) is 2.29. The van der Waals surface area contributed by atoms with Gasteiger partial charge in [0.2, 0.25) is 5.89 Å². The van der Waals surface area contributed by atoms with E-state index in [-0.39, 0.29) is 0 Å². The van der Waals surface area contributed by atoms with Crippen LogP contribution in [0.5, 0.6) is 0 Å². The van der Waals surface area contributed by atoms with Gasteiger partial charge in [0.05, 0.1) is 6.54 Å². The van der Waals surface area contributed by atoms with E-state index in [4.69, 9.17) is 4.42 Å². The second kappa shape index (κ2) is 5.15. The zero-order valence-corrected chi connectivity index (χ0v) is 12.2. The first-order valence-electron chi connectivity index (χ1n) is 7.22. The van der Waals surface area contributed by atoms with Crippen molar-refractivity contribution in [3.63, 3.8) is 0 Å². The summed E-state index contributed by atoms with van der Waals surface area (Å²) in [6, 6.07) is 16.4. The van der Waals surface area contributed by atoms with E-state index in [1.807, 2.05) is 42.1 Å². The molecule has 22 heavy (non-hydrogen) atoms. The molecule has 2 aromatic carbocycles. The van der Waals surface area contributed by atoms with Crippen LogP contribution in [0.2, 0.25) is 0 Å². The van der Waals surface area contributed by atoms with Crippen LogP contribution in [-0.2, 0) is 6.54 Å². The van der Waals surface area contributed by atoms with Crippen molar-refractivity contribution in [3.8, 4) is 11.5 Å². The van der Waals surface area contributed by atoms with Gasteiger partial charge in [-0.25, -0.2) is 4.98 Å². The standard InChI is InChI=1S/C18H15N3O/c1-13-17(12-21-10-4-9-19-21)20-18(22-13)16-8-7-14-5-2-3-6-15(14)11-16/h2-11H,12H2,1H3. The molecule has 4 nitrogen and oxygen atoms in total. The van der Waals surface area contributed by atoms with Gasteiger partial charge >= 0.3 is 0 Å². The maximum absolute atomic E-state index is 5.85. The summed E-state index contributed by atoms with van der Waals surface area (Å²) in [7, 11) is 0. The molecule has 0 radical (unpaired) electrons. The summed E-state index contributed by atoms with van der Waals surface area (Å²) >= 11 is 0. The number of hydrogen-bond donors (Lipinski definition) is 0. The van der Waals surface area contributed by atoms with E-state index in [9.17, 15) is 0 Å². The van der Waals surface area contributed by atoms with Crippen molar-refractivity contribution in [2.45, 2.75) is 13.5 Å². The molecule has 0 atom stereocenters. The maximum Gasteiger partial charge on any atom is 0.226 e. The van der Waals surface area contributed by atoms with Gasteiger partial charge in [0.25, 0.3) is 0 Å². The number of benzene rings is 2. The third-order valence-electron chi connectivity index (χ3n) is 3.76. The molecule has 108 valence electrons. The first kappa shape index (κ1) is 12.8. The van der Waals surface area contributed by atoms with Gasteiger partial charge in [-0.2, -0.15) is 5.10 Å². The zero-order valence-electron chi connectivity index (χ0n) is 12.2. The van der Waals surface area contributed by atoms with Gasteiger partial charge in [0.15, 0.2) is 0 Å². The average molecular weight is 289 g/mol. The molecule has 0 saturated carbocycles. The molecule has 0 fully saturated rings. The van der Waals surface area contributed by atoms with Gasteiger partial charge in [-0.15, -0.1) is 0 Å². The van der Waals surface area contributed by atoms with Crippen molar-refractivity contribution in [3.05, 3.63) is 72.4 Å². The highest BCUT2D eigenvalue weighted by molar-refractivity contribution is 5.86. The van der Waals surface area contributed by atoms with E-state index in [0.29, 0.717) is 12.4 Å². The fraction of sp³-hybridized carbons (Fsp3) is 0.111. The van der Waals surface area contributed by atoms with Gasteiger partial charge in [-0.05, 0) is 35.9 Å². The lowest BCUT2D eigenvalue weighted by Gasteiger charge is -1.99.